The van der Waals surface area contributed by atoms with Gasteiger partial charge in [0.1, 0.15) is 23.0 Å². The minimum absolute atomic E-state index is 0.0812. The third-order valence-corrected chi connectivity index (χ3v) is 15.4. The number of hydrogen-bond donors (Lipinski definition) is 0. The van der Waals surface area contributed by atoms with Crippen LogP contribution >= 0.6 is 0 Å². The van der Waals surface area contributed by atoms with Crippen LogP contribution in [0.25, 0.3) is 65.7 Å². The van der Waals surface area contributed by atoms with Gasteiger partial charge in [-0.2, -0.15) is 0 Å². The van der Waals surface area contributed by atoms with E-state index in [0.717, 1.165) is 50.5 Å². The van der Waals surface area contributed by atoms with Gasteiger partial charge in [-0.25, -0.2) is 0 Å². The van der Waals surface area contributed by atoms with Crippen LogP contribution in [-0.4, -0.2) is 6.71 Å². The van der Waals surface area contributed by atoms with Gasteiger partial charge in [0, 0.05) is 16.3 Å². The molecule has 328 valence electrons. The minimum Gasteiger partial charge on any atom is -0.458 e. The molecule has 13 rings (SSSR count). The van der Waals surface area contributed by atoms with Crippen LogP contribution in [0, 0.1) is 0 Å². The van der Waals surface area contributed by atoms with Crippen molar-refractivity contribution in [2.24, 2.45) is 0 Å². The van der Waals surface area contributed by atoms with Crippen molar-refractivity contribution < 1.29 is 9.47 Å². The molecule has 0 atom stereocenters. The zero-order valence-electron chi connectivity index (χ0n) is 39.3. The van der Waals surface area contributed by atoms with Gasteiger partial charge in [0.15, 0.2) is 0 Å². The van der Waals surface area contributed by atoms with Gasteiger partial charge in [-0.15, -0.1) is 0 Å². The molecule has 0 saturated heterocycles. The maximum Gasteiger partial charge on any atom is 0.260 e. The van der Waals surface area contributed by atoms with Crippen LogP contribution < -0.4 is 25.9 Å². The normalized spacial score (nSPS) is 12.8. The van der Waals surface area contributed by atoms with Crippen LogP contribution in [0.15, 0.2) is 224 Å². The molecular weight excluding hydrogens is 836 g/mol. The Hall–Kier alpha value is -8.14. The fraction of sp³-hybridized carbons (Fsp3) is 0.0909. The van der Waals surface area contributed by atoms with Crippen LogP contribution in [0.4, 0.5) is 0 Å². The summed E-state index contributed by atoms with van der Waals surface area (Å²) in [6, 6.07) is 82.0. The Morgan fingerprint density at radius 3 is 1.17 bits per heavy atom. The largest absolute Gasteiger partial charge is 0.458 e. The van der Waals surface area contributed by atoms with E-state index in [1.54, 1.807) is 0 Å². The van der Waals surface area contributed by atoms with Crippen LogP contribution in [-0.2, 0) is 10.8 Å². The molecule has 2 aliphatic rings. The first kappa shape index (κ1) is 41.1. The molecular formula is C66H49BO2. The summed E-state index contributed by atoms with van der Waals surface area (Å²) < 4.78 is 14.5. The molecule has 0 unspecified atom stereocenters. The number of ether oxygens (including phenoxy) is 2. The summed E-state index contributed by atoms with van der Waals surface area (Å²) in [6.07, 6.45) is 0. The van der Waals surface area contributed by atoms with Crippen molar-refractivity contribution in [1.82, 2.24) is 0 Å². The standard InChI is InChI=1S/C66H49BO2/c1-65(2,44-22-10-6-11-23-44)46-32-36-56-58(40-46)68-60-38-43(39-61-64(60)67(56)57-37-33-47(41-59(57)69-61)66(3,4)45-24-12-7-13-25-45)62-51-28-16-18-30-53(51)63(54-31-19-17-29-52(54)62)55-35-34-48(42-20-8-5-9-21-42)49-26-14-15-27-50(49)55/h5-41H,1-4H3. The molecule has 2 heterocycles. The lowest BCUT2D eigenvalue weighted by Crippen LogP contribution is -2.57. The third-order valence-electron chi connectivity index (χ3n) is 15.4. The quantitative estimate of drug-likeness (QED) is 0.117. The van der Waals surface area contributed by atoms with Crippen LogP contribution in [0.5, 0.6) is 23.0 Å². The van der Waals surface area contributed by atoms with Crippen molar-refractivity contribution in [2.75, 3.05) is 0 Å². The van der Waals surface area contributed by atoms with Crippen LogP contribution in [0.1, 0.15) is 49.9 Å². The van der Waals surface area contributed by atoms with E-state index in [0.29, 0.717) is 0 Å². The van der Waals surface area contributed by atoms with Crippen molar-refractivity contribution in [3.63, 3.8) is 0 Å². The molecule has 2 aliphatic heterocycles. The van der Waals surface area contributed by atoms with Gasteiger partial charge in [0.05, 0.1) is 0 Å². The summed E-state index contributed by atoms with van der Waals surface area (Å²) in [5.74, 6) is 3.42. The Labute approximate surface area is 404 Å². The lowest BCUT2D eigenvalue weighted by molar-refractivity contribution is 0.462. The zero-order chi connectivity index (χ0) is 46.4. The molecule has 0 fully saturated rings. The monoisotopic (exact) mass is 884 g/mol. The Morgan fingerprint density at radius 2 is 0.696 bits per heavy atom. The number of rotatable bonds is 7. The summed E-state index contributed by atoms with van der Waals surface area (Å²) in [5.41, 5.74) is 14.9. The lowest BCUT2D eigenvalue weighted by atomic mass is 9.34. The van der Waals surface area contributed by atoms with E-state index in [2.05, 4.69) is 252 Å². The third kappa shape index (κ3) is 6.48. The fourth-order valence-corrected chi connectivity index (χ4v) is 11.6. The average molecular weight is 885 g/mol. The van der Waals surface area contributed by atoms with E-state index in [1.165, 1.54) is 76.8 Å². The molecule has 0 N–H and O–H groups in total. The van der Waals surface area contributed by atoms with Crippen LogP contribution in [0.2, 0.25) is 0 Å². The summed E-state index contributed by atoms with van der Waals surface area (Å²) in [6.45, 7) is 9.13. The summed E-state index contributed by atoms with van der Waals surface area (Å²) in [7, 11) is 0. The Balaban J connectivity index is 1.03. The van der Waals surface area contributed by atoms with Gasteiger partial charge in [-0.3, -0.25) is 0 Å². The van der Waals surface area contributed by atoms with Crippen molar-refractivity contribution in [1.29, 1.82) is 0 Å². The number of fused-ring (bicyclic) bond motifs is 7. The van der Waals surface area contributed by atoms with Gasteiger partial charge in [0.25, 0.3) is 6.71 Å². The SMILES string of the molecule is CC(C)(c1ccccc1)c1ccc2c(c1)Oc1cc(-c3c4ccccc4c(-c4ccc(-c5ccccc5)c5ccccc45)c4ccccc34)cc3c1B2c1ccc(C(C)(C)c2ccccc2)cc1O3. The highest BCUT2D eigenvalue weighted by Gasteiger charge is 2.42. The lowest BCUT2D eigenvalue weighted by Gasteiger charge is -2.36. The second-order valence-corrected chi connectivity index (χ2v) is 19.9. The summed E-state index contributed by atoms with van der Waals surface area (Å²) in [4.78, 5) is 0. The summed E-state index contributed by atoms with van der Waals surface area (Å²) in [5, 5.41) is 7.23. The molecule has 0 spiro atoms. The van der Waals surface area contributed by atoms with Crippen molar-refractivity contribution in [2.45, 2.75) is 38.5 Å². The molecule has 0 aliphatic carbocycles. The molecule has 11 aromatic rings. The predicted molar refractivity (Wildman–Crippen MR) is 290 cm³/mol. The van der Waals surface area contributed by atoms with Crippen LogP contribution in [0.3, 0.4) is 0 Å². The molecule has 0 bridgehead atoms. The first-order valence-corrected chi connectivity index (χ1v) is 24.2. The first-order chi connectivity index (χ1) is 33.7. The number of hydrogen-bond acceptors (Lipinski definition) is 2. The highest BCUT2D eigenvalue weighted by molar-refractivity contribution is 6.98. The molecule has 0 aromatic heterocycles. The molecule has 0 radical (unpaired) electrons. The Morgan fingerprint density at radius 1 is 0.304 bits per heavy atom. The topological polar surface area (TPSA) is 18.5 Å². The smallest absolute Gasteiger partial charge is 0.260 e. The van der Waals surface area contributed by atoms with E-state index in [9.17, 15) is 0 Å². The van der Waals surface area contributed by atoms with Gasteiger partial charge >= 0.3 is 0 Å². The highest BCUT2D eigenvalue weighted by atomic mass is 16.5. The Kier molecular flexibility index (Phi) is 9.36. The molecule has 0 saturated carbocycles. The Bertz CT molecular complexity index is 3650. The maximum absolute atomic E-state index is 7.24. The molecule has 11 aromatic carbocycles. The molecule has 0 amide bonds. The predicted octanol–water partition coefficient (Wildman–Crippen LogP) is 15.5. The van der Waals surface area contributed by atoms with Crippen molar-refractivity contribution >= 4 is 55.4 Å². The number of benzene rings is 11. The molecule has 3 heteroatoms. The zero-order valence-corrected chi connectivity index (χ0v) is 39.3. The second-order valence-electron chi connectivity index (χ2n) is 19.9. The van der Waals surface area contributed by atoms with Crippen molar-refractivity contribution in [3.05, 3.63) is 247 Å². The average Bonchev–Trinajstić information content (AvgIpc) is 3.40. The highest BCUT2D eigenvalue weighted by Crippen LogP contribution is 2.49. The second kappa shape index (κ2) is 15.7. The van der Waals surface area contributed by atoms with Gasteiger partial charge in [-0.1, -0.05) is 228 Å². The van der Waals surface area contributed by atoms with E-state index in [4.69, 9.17) is 9.47 Å². The van der Waals surface area contributed by atoms with E-state index >= 15 is 0 Å². The molecule has 2 nitrogen and oxygen atoms in total. The van der Waals surface area contributed by atoms with Gasteiger partial charge < -0.3 is 9.47 Å². The fourth-order valence-electron chi connectivity index (χ4n) is 11.6. The minimum atomic E-state index is -0.245. The first-order valence-electron chi connectivity index (χ1n) is 24.2. The summed E-state index contributed by atoms with van der Waals surface area (Å²) >= 11 is 0. The molecule has 69 heavy (non-hydrogen) atoms. The maximum atomic E-state index is 7.24. The van der Waals surface area contributed by atoms with Gasteiger partial charge in [0.2, 0.25) is 0 Å². The van der Waals surface area contributed by atoms with Crippen molar-refractivity contribution in [3.8, 4) is 56.4 Å². The van der Waals surface area contributed by atoms with E-state index in [1.807, 2.05) is 0 Å². The van der Waals surface area contributed by atoms with E-state index in [-0.39, 0.29) is 17.5 Å². The van der Waals surface area contributed by atoms with E-state index < -0.39 is 0 Å². The van der Waals surface area contributed by atoms with Gasteiger partial charge in [-0.05, 0) is 123 Å².